The maximum absolute atomic E-state index is 12.2. The Morgan fingerprint density at radius 1 is 1.37 bits per heavy atom. The molecule has 0 spiro atoms. The number of nitrogens with zero attached hydrogens (tertiary/aromatic N) is 2. The van der Waals surface area contributed by atoms with Gasteiger partial charge in [-0.25, -0.2) is 4.79 Å². The van der Waals surface area contributed by atoms with Gasteiger partial charge >= 0.3 is 12.2 Å². The van der Waals surface area contributed by atoms with Crippen molar-refractivity contribution >= 4 is 34.8 Å². The van der Waals surface area contributed by atoms with E-state index in [9.17, 15) is 24.6 Å². The van der Waals surface area contributed by atoms with E-state index in [1.807, 2.05) is 25.1 Å². The van der Waals surface area contributed by atoms with Crippen LogP contribution in [0.15, 0.2) is 24.4 Å². The minimum absolute atomic E-state index is 0.0130. The number of aryl methyl sites for hydroxylation is 1. The third-order valence-corrected chi connectivity index (χ3v) is 4.21. The molecule has 2 aromatic rings. The first-order valence-electron chi connectivity index (χ1n) is 8.30. The molecule has 0 aliphatic rings. The van der Waals surface area contributed by atoms with Crippen molar-refractivity contribution in [3.63, 3.8) is 0 Å². The molecule has 1 aromatic heterocycles. The molecular weight excluding hydrogens is 352 g/mol. The SMILES string of the molecule is Cc1cccc2[nH]cc(CC(O)C(=O)NC(CCC(=O)C=[N+]=[N-])C(=O)O)c12. The second-order valence-corrected chi connectivity index (χ2v) is 6.18. The minimum atomic E-state index is -1.44. The monoisotopic (exact) mass is 372 g/mol. The molecule has 9 nitrogen and oxygen atoms in total. The lowest BCUT2D eigenvalue weighted by Crippen LogP contribution is -2.46. The molecule has 1 amide bonds. The summed E-state index contributed by atoms with van der Waals surface area (Å²) in [7, 11) is 0. The zero-order valence-corrected chi connectivity index (χ0v) is 14.7. The number of aliphatic carboxylic acids is 1. The van der Waals surface area contributed by atoms with E-state index in [1.54, 1.807) is 6.20 Å². The first-order chi connectivity index (χ1) is 12.8. The number of carbonyl (C=O) groups is 3. The second-order valence-electron chi connectivity index (χ2n) is 6.18. The number of nitrogens with one attached hydrogen (secondary N) is 2. The van der Waals surface area contributed by atoms with Gasteiger partial charge in [0.2, 0.25) is 11.7 Å². The number of H-pyrrole nitrogens is 1. The molecule has 9 heteroatoms. The Bertz CT molecular complexity index is 914. The predicted molar refractivity (Wildman–Crippen MR) is 96.2 cm³/mol. The van der Waals surface area contributed by atoms with Gasteiger partial charge in [-0.15, -0.1) is 0 Å². The van der Waals surface area contributed by atoms with E-state index in [4.69, 9.17) is 5.53 Å². The quantitative estimate of drug-likeness (QED) is 0.288. The van der Waals surface area contributed by atoms with Crippen molar-refractivity contribution in [2.24, 2.45) is 0 Å². The highest BCUT2D eigenvalue weighted by atomic mass is 16.4. The molecule has 4 N–H and O–H groups in total. The minimum Gasteiger partial charge on any atom is -0.480 e. The number of aliphatic hydroxyl groups excluding tert-OH is 1. The summed E-state index contributed by atoms with van der Waals surface area (Å²) in [5.74, 6) is -2.74. The fraction of sp³-hybridized carbons (Fsp3) is 0.333. The Kier molecular flexibility index (Phi) is 6.59. The zero-order chi connectivity index (χ0) is 20.0. The number of aromatic amines is 1. The summed E-state index contributed by atoms with van der Waals surface area (Å²) in [4.78, 5) is 40.4. The van der Waals surface area contributed by atoms with Gasteiger partial charge in [0.05, 0.1) is 0 Å². The van der Waals surface area contributed by atoms with Crippen LogP contribution in [-0.2, 0) is 20.8 Å². The fourth-order valence-corrected chi connectivity index (χ4v) is 2.85. The van der Waals surface area contributed by atoms with Crippen molar-refractivity contribution in [2.45, 2.75) is 38.3 Å². The maximum atomic E-state index is 12.2. The molecule has 1 heterocycles. The molecule has 2 unspecified atom stereocenters. The van der Waals surface area contributed by atoms with Crippen molar-refractivity contribution in [3.8, 4) is 0 Å². The number of hydrogen-bond acceptors (Lipinski definition) is 4. The molecule has 0 aliphatic carbocycles. The highest BCUT2D eigenvalue weighted by Gasteiger charge is 2.25. The molecule has 0 bridgehead atoms. The summed E-state index contributed by atoms with van der Waals surface area (Å²) < 4.78 is 0. The number of aromatic nitrogens is 1. The van der Waals surface area contributed by atoms with Gasteiger partial charge in [-0.3, -0.25) is 9.59 Å². The number of carboxylic acid groups (broad SMARTS) is 1. The Morgan fingerprint density at radius 2 is 2.11 bits per heavy atom. The third-order valence-electron chi connectivity index (χ3n) is 4.21. The van der Waals surface area contributed by atoms with Crippen molar-refractivity contribution in [1.29, 1.82) is 0 Å². The average Bonchev–Trinajstić information content (AvgIpc) is 3.02. The fourth-order valence-electron chi connectivity index (χ4n) is 2.85. The first kappa shape index (κ1) is 20.0. The molecule has 142 valence electrons. The molecule has 27 heavy (non-hydrogen) atoms. The van der Waals surface area contributed by atoms with Crippen LogP contribution in [0.2, 0.25) is 0 Å². The van der Waals surface area contributed by atoms with Gasteiger partial charge in [-0.1, -0.05) is 12.1 Å². The largest absolute Gasteiger partial charge is 0.480 e. The van der Waals surface area contributed by atoms with Gasteiger partial charge in [-0.05, 0) is 30.5 Å². The first-order valence-corrected chi connectivity index (χ1v) is 8.30. The van der Waals surface area contributed by atoms with Gasteiger partial charge in [0.15, 0.2) is 0 Å². The molecule has 0 saturated heterocycles. The van der Waals surface area contributed by atoms with Crippen molar-refractivity contribution in [3.05, 3.63) is 41.1 Å². The van der Waals surface area contributed by atoms with Crippen LogP contribution in [0, 0.1) is 6.92 Å². The standard InChI is InChI=1S/C18H20N4O5/c1-10-3-2-4-13-16(10)11(8-20-13)7-15(24)17(25)22-14(18(26)27)6-5-12(23)9-21-19/h2-4,8-9,14-15,20,24H,5-7H2,1H3,(H,22,25)(H,26,27). The van der Waals surface area contributed by atoms with Crippen LogP contribution < -0.4 is 5.32 Å². The second kappa shape index (κ2) is 8.88. The summed E-state index contributed by atoms with van der Waals surface area (Å²) in [5, 5.41) is 22.5. The molecule has 0 fully saturated rings. The molecule has 0 aliphatic heterocycles. The van der Waals surface area contributed by atoms with Gasteiger partial charge < -0.3 is 26.0 Å². The molecular formula is C18H20N4O5. The van der Waals surface area contributed by atoms with Gasteiger partial charge in [-0.2, -0.15) is 4.79 Å². The number of carboxylic acids is 1. The topological polar surface area (TPSA) is 156 Å². The number of hydrogen-bond donors (Lipinski definition) is 4. The van der Waals surface area contributed by atoms with Crippen LogP contribution in [0.3, 0.4) is 0 Å². The van der Waals surface area contributed by atoms with E-state index >= 15 is 0 Å². The Balaban J connectivity index is 2.03. The highest BCUT2D eigenvalue weighted by Crippen LogP contribution is 2.23. The van der Waals surface area contributed by atoms with Crippen molar-refractivity contribution < 1.29 is 29.4 Å². The summed E-state index contributed by atoms with van der Waals surface area (Å²) in [5.41, 5.74) is 10.9. The number of Topliss-reactive ketones (excluding diaryl/α,β-unsaturated/α-hetero) is 1. The predicted octanol–water partition coefficient (Wildman–Crippen LogP) is 0.599. The summed E-state index contributed by atoms with van der Waals surface area (Å²) in [6.07, 6.45) is 0.522. The van der Waals surface area contributed by atoms with Gasteiger partial charge in [0, 0.05) is 29.9 Å². The van der Waals surface area contributed by atoms with E-state index in [-0.39, 0.29) is 19.3 Å². The van der Waals surface area contributed by atoms with Crippen LogP contribution in [0.5, 0.6) is 0 Å². The number of amides is 1. The van der Waals surface area contributed by atoms with Crippen LogP contribution in [0.1, 0.15) is 24.0 Å². The Hall–Kier alpha value is -3.29. The van der Waals surface area contributed by atoms with Crippen LogP contribution >= 0.6 is 0 Å². The lowest BCUT2D eigenvalue weighted by molar-refractivity contribution is -0.143. The average molecular weight is 372 g/mol. The summed E-state index contributed by atoms with van der Waals surface area (Å²) in [6.45, 7) is 1.92. The molecule has 0 saturated carbocycles. The van der Waals surface area contributed by atoms with Crippen LogP contribution in [0.25, 0.3) is 16.4 Å². The van der Waals surface area contributed by atoms with Crippen LogP contribution in [-0.4, -0.2) is 56.0 Å². The molecule has 1 aromatic carbocycles. The number of ketones is 1. The maximum Gasteiger partial charge on any atom is 0.326 e. The number of carbonyl (C=O) groups excluding carboxylic acids is 2. The van der Waals surface area contributed by atoms with Gasteiger partial charge in [0.1, 0.15) is 12.1 Å². The molecule has 2 atom stereocenters. The Labute approximate surface area is 154 Å². The summed E-state index contributed by atoms with van der Waals surface area (Å²) >= 11 is 0. The number of fused-ring (bicyclic) bond motifs is 1. The molecule has 2 rings (SSSR count). The smallest absolute Gasteiger partial charge is 0.326 e. The van der Waals surface area contributed by atoms with Crippen molar-refractivity contribution in [2.75, 3.05) is 0 Å². The van der Waals surface area contributed by atoms with E-state index in [0.29, 0.717) is 6.21 Å². The number of aliphatic hydroxyl groups is 1. The lowest BCUT2D eigenvalue weighted by atomic mass is 10.0. The normalized spacial score (nSPS) is 12.8. The van der Waals surface area contributed by atoms with Crippen molar-refractivity contribution in [1.82, 2.24) is 10.3 Å². The molecule has 0 radical (unpaired) electrons. The third kappa shape index (κ3) is 5.10. The highest BCUT2D eigenvalue weighted by molar-refractivity contribution is 6.25. The van der Waals surface area contributed by atoms with E-state index in [1.165, 1.54) is 0 Å². The van der Waals surface area contributed by atoms with Crippen LogP contribution in [0.4, 0.5) is 0 Å². The van der Waals surface area contributed by atoms with E-state index in [0.717, 1.165) is 22.0 Å². The number of benzene rings is 1. The lowest BCUT2D eigenvalue weighted by Gasteiger charge is -2.16. The zero-order valence-electron chi connectivity index (χ0n) is 14.7. The van der Waals surface area contributed by atoms with E-state index < -0.39 is 29.8 Å². The number of rotatable bonds is 9. The summed E-state index contributed by atoms with van der Waals surface area (Å²) in [6, 6.07) is 4.35. The Morgan fingerprint density at radius 3 is 2.78 bits per heavy atom. The van der Waals surface area contributed by atoms with E-state index in [2.05, 4.69) is 15.1 Å². The van der Waals surface area contributed by atoms with Gasteiger partial charge in [0.25, 0.3) is 0 Å².